The Labute approximate surface area is 199 Å². The Morgan fingerprint density at radius 3 is 2.50 bits per heavy atom. The van der Waals surface area contributed by atoms with E-state index in [1.54, 1.807) is 6.07 Å². The summed E-state index contributed by atoms with van der Waals surface area (Å²) in [6, 6.07) is 15.3. The molecule has 0 radical (unpaired) electrons. The van der Waals surface area contributed by atoms with E-state index in [4.69, 9.17) is 4.74 Å². The van der Waals surface area contributed by atoms with Gasteiger partial charge in [0.2, 0.25) is 5.91 Å². The Bertz CT molecular complexity index is 1180. The number of H-pyrrole nitrogens is 1. The maximum Gasteiger partial charge on any atom is 0.258 e. The third-order valence-electron chi connectivity index (χ3n) is 6.03. The molecule has 8 heteroatoms. The minimum absolute atomic E-state index is 0.0928. The normalized spacial score (nSPS) is 18.6. The highest BCUT2D eigenvalue weighted by Gasteiger charge is 2.22. The molecule has 2 N–H and O–H groups in total. The summed E-state index contributed by atoms with van der Waals surface area (Å²) in [5.41, 5.74) is 2.36. The zero-order valence-electron chi connectivity index (χ0n) is 20.2. The fraction of sp³-hybridized carbons (Fsp3) is 0.423. The van der Waals surface area contributed by atoms with Gasteiger partial charge in [-0.25, -0.2) is 4.98 Å². The fourth-order valence-electron chi connectivity index (χ4n) is 4.35. The van der Waals surface area contributed by atoms with Crippen molar-refractivity contribution < 1.29 is 9.53 Å². The molecule has 34 heavy (non-hydrogen) atoms. The summed E-state index contributed by atoms with van der Waals surface area (Å²) in [5, 5.41) is 3.55. The summed E-state index contributed by atoms with van der Waals surface area (Å²) < 4.78 is 5.81. The topological polar surface area (TPSA) is 90.6 Å². The molecule has 2 unspecified atom stereocenters. The van der Waals surface area contributed by atoms with Gasteiger partial charge in [0.05, 0.1) is 36.2 Å². The number of ether oxygens (including phenoxy) is 1. The molecule has 180 valence electrons. The second-order valence-electron chi connectivity index (χ2n) is 9.29. The lowest BCUT2D eigenvalue weighted by molar-refractivity contribution is -0.117. The fourth-order valence-corrected chi connectivity index (χ4v) is 4.35. The monoisotopic (exact) mass is 463 g/mol. The van der Waals surface area contributed by atoms with Crippen LogP contribution in [0.3, 0.4) is 0 Å². The van der Waals surface area contributed by atoms with Crippen molar-refractivity contribution in [2.75, 3.05) is 29.9 Å². The number of aromatic nitrogens is 2. The molecule has 1 fully saturated rings. The minimum atomic E-state index is -0.169. The number of morpholine rings is 1. The molecule has 8 nitrogen and oxygen atoms in total. The van der Waals surface area contributed by atoms with E-state index in [0.29, 0.717) is 23.3 Å². The van der Waals surface area contributed by atoms with E-state index < -0.39 is 0 Å². The molecule has 1 aromatic heterocycles. The lowest BCUT2D eigenvalue weighted by atomic mass is 10.2. The molecule has 2 aromatic carbocycles. The quantitative estimate of drug-likeness (QED) is 0.558. The van der Waals surface area contributed by atoms with E-state index in [1.807, 2.05) is 61.2 Å². The van der Waals surface area contributed by atoms with Gasteiger partial charge in [-0.3, -0.25) is 14.5 Å². The van der Waals surface area contributed by atoms with E-state index >= 15 is 0 Å². The van der Waals surface area contributed by atoms with Gasteiger partial charge in [-0.2, -0.15) is 0 Å². The van der Waals surface area contributed by atoms with E-state index in [2.05, 4.69) is 34.0 Å². The van der Waals surface area contributed by atoms with Crippen LogP contribution in [-0.2, 0) is 16.1 Å². The second-order valence-corrected chi connectivity index (χ2v) is 9.29. The molecule has 3 aromatic rings. The van der Waals surface area contributed by atoms with Gasteiger partial charge in [-0.05, 0) is 64.1 Å². The number of nitrogens with zero attached hydrogens (tertiary/aromatic N) is 3. The predicted octanol–water partition coefficient (Wildman–Crippen LogP) is 3.39. The van der Waals surface area contributed by atoms with Gasteiger partial charge in [0.1, 0.15) is 5.82 Å². The molecular formula is C26H33N5O3. The summed E-state index contributed by atoms with van der Waals surface area (Å²) in [7, 11) is 0. The minimum Gasteiger partial charge on any atom is -0.372 e. The van der Waals surface area contributed by atoms with Gasteiger partial charge in [0.15, 0.2) is 0 Å². The van der Waals surface area contributed by atoms with Crippen LogP contribution in [0, 0.1) is 0 Å². The largest absolute Gasteiger partial charge is 0.372 e. The van der Waals surface area contributed by atoms with Crippen molar-refractivity contribution in [3.63, 3.8) is 0 Å². The molecule has 0 spiro atoms. The number of carbonyl (C=O) groups excluding carboxylic acids is 1. The summed E-state index contributed by atoms with van der Waals surface area (Å²) >= 11 is 0. The number of benzene rings is 2. The number of rotatable bonds is 7. The third kappa shape index (κ3) is 5.81. The van der Waals surface area contributed by atoms with Crippen molar-refractivity contribution in [2.24, 2.45) is 0 Å². The molecule has 1 aliphatic heterocycles. The first kappa shape index (κ1) is 23.9. The maximum absolute atomic E-state index is 12.8. The van der Waals surface area contributed by atoms with Gasteiger partial charge in [0.25, 0.3) is 5.56 Å². The standard InChI is InChI=1S/C26H33N5O3/c1-17(2)30(15-24-28-23-8-6-5-7-22(23)26(33)29-24)16-25(32)27-20-9-11-21(12-10-20)31-13-18(3)34-19(4)14-31/h5-12,17-19H,13-16H2,1-4H3,(H,27,32)(H,28,29,33). The van der Waals surface area contributed by atoms with Crippen molar-refractivity contribution in [2.45, 2.75) is 52.5 Å². The molecule has 1 saturated heterocycles. The number of aromatic amines is 1. The Morgan fingerprint density at radius 2 is 1.82 bits per heavy atom. The highest BCUT2D eigenvalue weighted by atomic mass is 16.5. The lowest BCUT2D eigenvalue weighted by Gasteiger charge is -2.36. The van der Waals surface area contributed by atoms with Crippen LogP contribution >= 0.6 is 0 Å². The number of amides is 1. The zero-order chi connectivity index (χ0) is 24.2. The van der Waals surface area contributed by atoms with E-state index in [-0.39, 0.29) is 36.3 Å². The Balaban J connectivity index is 1.39. The van der Waals surface area contributed by atoms with E-state index in [0.717, 1.165) is 24.5 Å². The van der Waals surface area contributed by atoms with Gasteiger partial charge in [-0.15, -0.1) is 0 Å². The number of para-hydroxylation sites is 1. The Hall–Kier alpha value is -3.23. The average Bonchev–Trinajstić information content (AvgIpc) is 2.78. The molecule has 0 aliphatic carbocycles. The van der Waals surface area contributed by atoms with Crippen molar-refractivity contribution in [1.82, 2.24) is 14.9 Å². The molecule has 2 atom stereocenters. The maximum atomic E-state index is 12.8. The Kier molecular flexibility index (Phi) is 7.29. The number of nitrogens with one attached hydrogen (secondary N) is 2. The van der Waals surface area contributed by atoms with Gasteiger partial charge in [-0.1, -0.05) is 12.1 Å². The molecular weight excluding hydrogens is 430 g/mol. The summed E-state index contributed by atoms with van der Waals surface area (Å²) in [6.07, 6.45) is 0.384. The molecule has 1 aliphatic rings. The first-order valence-corrected chi connectivity index (χ1v) is 11.8. The number of carbonyl (C=O) groups is 1. The second kappa shape index (κ2) is 10.4. The molecule has 1 amide bonds. The number of fused-ring (bicyclic) bond motifs is 1. The molecule has 2 heterocycles. The predicted molar refractivity (Wildman–Crippen MR) is 135 cm³/mol. The van der Waals surface area contributed by atoms with Crippen LogP contribution in [-0.4, -0.2) is 58.7 Å². The zero-order valence-corrected chi connectivity index (χ0v) is 20.2. The first-order chi connectivity index (χ1) is 16.3. The van der Waals surface area contributed by atoms with Crippen LogP contribution < -0.4 is 15.8 Å². The van der Waals surface area contributed by atoms with Gasteiger partial charge in [0, 0.05) is 30.5 Å². The third-order valence-corrected chi connectivity index (χ3v) is 6.03. The highest BCUT2D eigenvalue weighted by molar-refractivity contribution is 5.92. The van der Waals surface area contributed by atoms with Gasteiger partial charge >= 0.3 is 0 Å². The van der Waals surface area contributed by atoms with Crippen LogP contribution in [0.2, 0.25) is 0 Å². The van der Waals surface area contributed by atoms with E-state index in [9.17, 15) is 9.59 Å². The number of hydrogen-bond donors (Lipinski definition) is 2. The van der Waals surface area contributed by atoms with Crippen LogP contribution in [0.1, 0.15) is 33.5 Å². The van der Waals surface area contributed by atoms with Crippen LogP contribution in [0.4, 0.5) is 11.4 Å². The molecule has 4 rings (SSSR count). The molecule has 0 bridgehead atoms. The van der Waals surface area contributed by atoms with Crippen molar-refractivity contribution in [1.29, 1.82) is 0 Å². The average molecular weight is 464 g/mol. The smallest absolute Gasteiger partial charge is 0.258 e. The van der Waals surface area contributed by atoms with Crippen molar-refractivity contribution in [3.8, 4) is 0 Å². The lowest BCUT2D eigenvalue weighted by Crippen LogP contribution is -2.45. The van der Waals surface area contributed by atoms with Crippen LogP contribution in [0.5, 0.6) is 0 Å². The summed E-state index contributed by atoms with van der Waals surface area (Å²) in [6.45, 7) is 10.5. The van der Waals surface area contributed by atoms with Crippen LogP contribution in [0.25, 0.3) is 10.9 Å². The van der Waals surface area contributed by atoms with Crippen LogP contribution in [0.15, 0.2) is 53.3 Å². The number of hydrogen-bond acceptors (Lipinski definition) is 6. The highest BCUT2D eigenvalue weighted by Crippen LogP contribution is 2.22. The SMILES string of the molecule is CC1CN(c2ccc(NC(=O)CN(Cc3nc4ccccc4c(=O)[nH]3)C(C)C)cc2)CC(C)O1. The van der Waals surface area contributed by atoms with Crippen molar-refractivity contribution >= 4 is 28.2 Å². The number of anilines is 2. The van der Waals surface area contributed by atoms with Gasteiger partial charge < -0.3 is 19.9 Å². The first-order valence-electron chi connectivity index (χ1n) is 11.8. The van der Waals surface area contributed by atoms with E-state index in [1.165, 1.54) is 0 Å². The molecule has 0 saturated carbocycles. The van der Waals surface area contributed by atoms with Crippen molar-refractivity contribution in [3.05, 3.63) is 64.7 Å². The Morgan fingerprint density at radius 1 is 1.15 bits per heavy atom. The summed E-state index contributed by atoms with van der Waals surface area (Å²) in [4.78, 5) is 36.9. The summed E-state index contributed by atoms with van der Waals surface area (Å²) in [5.74, 6) is 0.432.